The Morgan fingerprint density at radius 2 is 1.50 bits per heavy atom. The maximum absolute atomic E-state index is 13.7. The van der Waals surface area contributed by atoms with E-state index in [-0.39, 0.29) is 51.0 Å². The van der Waals surface area contributed by atoms with Crippen LogP contribution in [0.15, 0.2) is 110 Å². The minimum absolute atomic E-state index is 0.0325. The monoisotopic (exact) mass is 653 g/mol. The standard InChI is InChI=1S/C38H43N3O7/c1-3-13-30(22-35(43)41-23-31-20-12-11-19-29(31)21-32(41)24-42)36(44)39-34(28-17-9-6-10-18-28)26-47-37(45)33(14-4-2)40-38(46)48-25-27-15-7-5-8-16-27/h3-12,15-20,30,32-34,42H,1-2,13-14,21-26H2,(H,39,44)(H,40,46). The molecule has 0 bridgehead atoms. The molecular weight excluding hydrogens is 610 g/mol. The summed E-state index contributed by atoms with van der Waals surface area (Å²) in [5.74, 6) is -2.12. The van der Waals surface area contributed by atoms with E-state index in [0.717, 1.165) is 16.7 Å². The van der Waals surface area contributed by atoms with E-state index in [1.807, 2.05) is 60.7 Å². The zero-order valence-corrected chi connectivity index (χ0v) is 27.0. The predicted octanol–water partition coefficient (Wildman–Crippen LogP) is 4.79. The maximum atomic E-state index is 13.7. The smallest absolute Gasteiger partial charge is 0.408 e. The van der Waals surface area contributed by atoms with Gasteiger partial charge in [-0.15, -0.1) is 13.2 Å². The van der Waals surface area contributed by atoms with Gasteiger partial charge in [-0.1, -0.05) is 97.1 Å². The second-order valence-electron chi connectivity index (χ2n) is 11.6. The molecule has 3 aromatic rings. The molecule has 10 nitrogen and oxygen atoms in total. The average Bonchev–Trinajstić information content (AvgIpc) is 3.12. The number of esters is 1. The number of amides is 3. The van der Waals surface area contributed by atoms with Gasteiger partial charge in [0.05, 0.1) is 24.6 Å². The van der Waals surface area contributed by atoms with Crippen molar-refractivity contribution in [3.8, 4) is 0 Å². The van der Waals surface area contributed by atoms with E-state index in [0.29, 0.717) is 18.5 Å². The van der Waals surface area contributed by atoms with Gasteiger partial charge in [0.1, 0.15) is 19.3 Å². The molecule has 1 heterocycles. The molecule has 0 saturated carbocycles. The lowest BCUT2D eigenvalue weighted by Gasteiger charge is -2.36. The van der Waals surface area contributed by atoms with Crippen LogP contribution in [0.1, 0.15) is 47.6 Å². The van der Waals surface area contributed by atoms with Gasteiger partial charge in [0, 0.05) is 13.0 Å². The van der Waals surface area contributed by atoms with Crippen LogP contribution in [0.3, 0.4) is 0 Å². The molecule has 0 aliphatic carbocycles. The van der Waals surface area contributed by atoms with Gasteiger partial charge in [-0.3, -0.25) is 9.59 Å². The van der Waals surface area contributed by atoms with Gasteiger partial charge in [0.25, 0.3) is 0 Å². The summed E-state index contributed by atoms with van der Waals surface area (Å²) in [6.07, 6.45) is 3.07. The quantitative estimate of drug-likeness (QED) is 0.150. The summed E-state index contributed by atoms with van der Waals surface area (Å²) in [7, 11) is 0. The number of fused-ring (bicyclic) bond motifs is 1. The normalized spacial score (nSPS) is 15.5. The van der Waals surface area contributed by atoms with Gasteiger partial charge < -0.3 is 30.1 Å². The van der Waals surface area contributed by atoms with Crippen molar-refractivity contribution in [2.75, 3.05) is 13.2 Å². The fourth-order valence-corrected chi connectivity index (χ4v) is 5.60. The number of hydrogen-bond donors (Lipinski definition) is 3. The number of nitrogens with zero attached hydrogens (tertiary/aromatic N) is 1. The van der Waals surface area contributed by atoms with E-state index < -0.39 is 36.0 Å². The van der Waals surface area contributed by atoms with Crippen molar-refractivity contribution in [2.45, 2.75) is 57.0 Å². The highest BCUT2D eigenvalue weighted by Crippen LogP contribution is 2.26. The second kappa shape index (κ2) is 18.2. The first-order valence-electron chi connectivity index (χ1n) is 16.0. The maximum Gasteiger partial charge on any atom is 0.408 e. The lowest BCUT2D eigenvalue weighted by Crippen LogP contribution is -2.47. The summed E-state index contributed by atoms with van der Waals surface area (Å²) in [5, 5.41) is 15.5. The van der Waals surface area contributed by atoms with Crippen molar-refractivity contribution in [1.29, 1.82) is 0 Å². The number of alkyl carbamates (subject to hydrolysis) is 1. The largest absolute Gasteiger partial charge is 0.462 e. The fraction of sp³-hybridized carbons (Fsp3) is 0.316. The molecule has 4 rings (SSSR count). The molecule has 0 spiro atoms. The number of ether oxygens (including phenoxy) is 2. The molecule has 4 unspecified atom stereocenters. The number of carbonyl (C=O) groups excluding carboxylic acids is 4. The van der Waals surface area contributed by atoms with Crippen LogP contribution in [0.25, 0.3) is 0 Å². The van der Waals surface area contributed by atoms with Crippen LogP contribution in [-0.2, 0) is 43.4 Å². The van der Waals surface area contributed by atoms with Gasteiger partial charge in [-0.25, -0.2) is 9.59 Å². The highest BCUT2D eigenvalue weighted by Gasteiger charge is 2.33. The van der Waals surface area contributed by atoms with Crippen LogP contribution in [0.4, 0.5) is 4.79 Å². The minimum Gasteiger partial charge on any atom is -0.462 e. The Labute approximate surface area is 281 Å². The van der Waals surface area contributed by atoms with E-state index in [1.54, 1.807) is 35.2 Å². The van der Waals surface area contributed by atoms with Crippen LogP contribution in [0, 0.1) is 5.92 Å². The molecule has 3 amide bonds. The first-order chi connectivity index (χ1) is 23.3. The Kier molecular flexibility index (Phi) is 13.5. The zero-order valence-electron chi connectivity index (χ0n) is 27.0. The van der Waals surface area contributed by atoms with Crippen molar-refractivity contribution in [3.05, 3.63) is 132 Å². The number of allylic oxidation sites excluding steroid dienone is 1. The van der Waals surface area contributed by atoms with Gasteiger partial charge in [-0.05, 0) is 41.5 Å². The molecule has 4 atom stereocenters. The highest BCUT2D eigenvalue weighted by atomic mass is 16.6. The SMILES string of the molecule is C=CCC(CC(=O)N1Cc2ccccc2CC1CO)C(=O)NC(COC(=O)C(CC=C)NC(=O)OCc1ccccc1)c1ccccc1. The van der Waals surface area contributed by atoms with E-state index in [4.69, 9.17) is 9.47 Å². The lowest BCUT2D eigenvalue weighted by atomic mass is 9.92. The van der Waals surface area contributed by atoms with E-state index in [1.165, 1.54) is 6.08 Å². The third kappa shape index (κ3) is 10.1. The molecule has 1 aliphatic rings. The van der Waals surface area contributed by atoms with Gasteiger partial charge in [0.2, 0.25) is 11.8 Å². The van der Waals surface area contributed by atoms with Crippen molar-refractivity contribution in [1.82, 2.24) is 15.5 Å². The Morgan fingerprint density at radius 3 is 2.17 bits per heavy atom. The van der Waals surface area contributed by atoms with E-state index in [9.17, 15) is 24.3 Å². The third-order valence-electron chi connectivity index (χ3n) is 8.23. The number of benzene rings is 3. The zero-order chi connectivity index (χ0) is 34.3. The first kappa shape index (κ1) is 35.6. The number of carbonyl (C=O) groups is 4. The summed E-state index contributed by atoms with van der Waals surface area (Å²) in [6.45, 7) is 7.42. The van der Waals surface area contributed by atoms with Crippen LogP contribution in [0.2, 0.25) is 0 Å². The highest BCUT2D eigenvalue weighted by molar-refractivity contribution is 5.86. The molecule has 0 fully saturated rings. The summed E-state index contributed by atoms with van der Waals surface area (Å²) >= 11 is 0. The van der Waals surface area contributed by atoms with E-state index >= 15 is 0 Å². The minimum atomic E-state index is -1.06. The summed E-state index contributed by atoms with van der Waals surface area (Å²) in [4.78, 5) is 54.5. The predicted molar refractivity (Wildman–Crippen MR) is 181 cm³/mol. The van der Waals surface area contributed by atoms with Crippen LogP contribution < -0.4 is 10.6 Å². The Balaban J connectivity index is 1.40. The number of nitrogens with one attached hydrogen (secondary N) is 2. The Hall–Kier alpha value is -5.22. The second-order valence-corrected chi connectivity index (χ2v) is 11.6. The Bertz CT molecular complexity index is 1550. The van der Waals surface area contributed by atoms with Crippen LogP contribution in [0.5, 0.6) is 0 Å². The van der Waals surface area contributed by atoms with Gasteiger partial charge in [-0.2, -0.15) is 0 Å². The number of rotatable bonds is 16. The van der Waals surface area contributed by atoms with Crippen molar-refractivity contribution in [2.24, 2.45) is 5.92 Å². The molecule has 3 N–H and O–H groups in total. The lowest BCUT2D eigenvalue weighted by molar-refractivity contribution is -0.147. The van der Waals surface area contributed by atoms with Crippen LogP contribution >= 0.6 is 0 Å². The molecule has 252 valence electrons. The van der Waals surface area contributed by atoms with Gasteiger partial charge in [0.15, 0.2) is 0 Å². The average molecular weight is 654 g/mol. The molecule has 0 radical (unpaired) electrons. The number of hydrogen-bond acceptors (Lipinski definition) is 7. The molecule has 0 aromatic heterocycles. The fourth-order valence-electron chi connectivity index (χ4n) is 5.60. The van der Waals surface area contributed by atoms with Crippen LogP contribution in [-0.4, -0.2) is 59.2 Å². The molecule has 1 aliphatic heterocycles. The first-order valence-corrected chi connectivity index (χ1v) is 16.0. The summed E-state index contributed by atoms with van der Waals surface area (Å²) in [5.41, 5.74) is 3.59. The summed E-state index contributed by atoms with van der Waals surface area (Å²) < 4.78 is 10.9. The number of aliphatic hydroxyl groups is 1. The molecule has 0 saturated heterocycles. The molecular formula is C38H43N3O7. The topological polar surface area (TPSA) is 134 Å². The van der Waals surface area contributed by atoms with Crippen molar-refractivity contribution < 1.29 is 33.8 Å². The van der Waals surface area contributed by atoms with Gasteiger partial charge >= 0.3 is 12.1 Å². The Morgan fingerprint density at radius 1 is 0.854 bits per heavy atom. The number of aliphatic hydroxyl groups excluding tert-OH is 1. The molecule has 48 heavy (non-hydrogen) atoms. The third-order valence-corrected chi connectivity index (χ3v) is 8.23. The van der Waals surface area contributed by atoms with Crippen molar-refractivity contribution >= 4 is 23.9 Å². The molecule has 10 heteroatoms. The van der Waals surface area contributed by atoms with Crippen molar-refractivity contribution in [3.63, 3.8) is 0 Å². The summed E-state index contributed by atoms with van der Waals surface area (Å²) in [6, 6.07) is 23.8. The molecule has 3 aromatic carbocycles. The van der Waals surface area contributed by atoms with E-state index in [2.05, 4.69) is 23.8 Å².